The van der Waals surface area contributed by atoms with E-state index in [9.17, 15) is 9.59 Å². The molecule has 7 nitrogen and oxygen atoms in total. The summed E-state index contributed by atoms with van der Waals surface area (Å²) in [6, 6.07) is 15.0. The summed E-state index contributed by atoms with van der Waals surface area (Å²) in [5.41, 5.74) is 3.33. The molecule has 0 saturated carbocycles. The summed E-state index contributed by atoms with van der Waals surface area (Å²) in [4.78, 5) is 31.1. The van der Waals surface area contributed by atoms with Crippen LogP contribution < -0.4 is 5.32 Å². The topological polar surface area (TPSA) is 76.5 Å². The maximum Gasteiger partial charge on any atom is 0.410 e. The molecule has 1 aromatic carbocycles. The molecular weight excluding hydrogens is 404 g/mol. The van der Waals surface area contributed by atoms with Gasteiger partial charge in [0.15, 0.2) is 0 Å². The molecule has 0 aliphatic heterocycles. The fourth-order valence-corrected chi connectivity index (χ4v) is 3.46. The SMILES string of the molecule is Cc1cc(C(=O)Nc2cccc(CN(C)C(=O)OC(C)(C)C)c2)c(C)n1-c1ccccn1. The Balaban J connectivity index is 1.74. The number of anilines is 1. The number of aromatic nitrogens is 2. The van der Waals surface area contributed by atoms with Gasteiger partial charge >= 0.3 is 6.09 Å². The minimum atomic E-state index is -0.553. The lowest BCUT2D eigenvalue weighted by Gasteiger charge is -2.24. The molecule has 2 amide bonds. The van der Waals surface area contributed by atoms with E-state index in [1.165, 1.54) is 4.90 Å². The molecule has 0 spiro atoms. The number of carbonyl (C=O) groups excluding carboxylic acids is 2. The standard InChI is InChI=1S/C25H30N4O3/c1-17-14-21(18(2)29(17)22-12-7-8-13-26-22)23(30)27-20-11-9-10-19(15-20)16-28(6)24(31)32-25(3,4)5/h7-15H,16H2,1-6H3,(H,27,30). The molecule has 0 fully saturated rings. The van der Waals surface area contributed by atoms with Crippen molar-refractivity contribution in [1.82, 2.24) is 14.5 Å². The average molecular weight is 435 g/mol. The number of ether oxygens (including phenoxy) is 1. The second kappa shape index (κ2) is 9.26. The first kappa shape index (κ1) is 23.1. The van der Waals surface area contributed by atoms with E-state index in [4.69, 9.17) is 4.74 Å². The van der Waals surface area contributed by atoms with Crippen molar-refractivity contribution in [2.45, 2.75) is 46.8 Å². The number of pyridine rings is 1. The van der Waals surface area contributed by atoms with E-state index in [1.54, 1.807) is 13.2 Å². The molecule has 0 bridgehead atoms. The lowest BCUT2D eigenvalue weighted by atomic mass is 10.1. The highest BCUT2D eigenvalue weighted by Gasteiger charge is 2.20. The molecule has 32 heavy (non-hydrogen) atoms. The summed E-state index contributed by atoms with van der Waals surface area (Å²) in [5, 5.41) is 2.96. The maximum atomic E-state index is 13.0. The van der Waals surface area contributed by atoms with Gasteiger partial charge in [-0.3, -0.25) is 4.79 Å². The third-order valence-electron chi connectivity index (χ3n) is 4.86. The van der Waals surface area contributed by atoms with Crippen LogP contribution in [0.1, 0.15) is 48.1 Å². The van der Waals surface area contributed by atoms with E-state index in [0.717, 1.165) is 22.8 Å². The molecule has 0 unspecified atom stereocenters. The normalized spacial score (nSPS) is 11.2. The van der Waals surface area contributed by atoms with Gasteiger partial charge in [0.2, 0.25) is 0 Å². The van der Waals surface area contributed by atoms with Gasteiger partial charge in [0, 0.05) is 36.9 Å². The van der Waals surface area contributed by atoms with Crippen LogP contribution in [-0.2, 0) is 11.3 Å². The monoisotopic (exact) mass is 434 g/mol. The first-order valence-electron chi connectivity index (χ1n) is 10.5. The Hall–Kier alpha value is -3.61. The number of nitrogens with zero attached hydrogens (tertiary/aromatic N) is 3. The van der Waals surface area contributed by atoms with Crippen LogP contribution in [0.15, 0.2) is 54.7 Å². The van der Waals surface area contributed by atoms with Gasteiger partial charge in [0.25, 0.3) is 5.91 Å². The van der Waals surface area contributed by atoms with Crippen LogP contribution in [0, 0.1) is 13.8 Å². The summed E-state index contributed by atoms with van der Waals surface area (Å²) in [5.74, 6) is 0.576. The minimum Gasteiger partial charge on any atom is -0.444 e. The summed E-state index contributed by atoms with van der Waals surface area (Å²) in [7, 11) is 1.69. The largest absolute Gasteiger partial charge is 0.444 e. The molecule has 0 saturated heterocycles. The quantitative estimate of drug-likeness (QED) is 0.605. The van der Waals surface area contributed by atoms with Crippen molar-refractivity contribution in [3.05, 3.63) is 77.2 Å². The molecule has 168 valence electrons. The van der Waals surface area contributed by atoms with Gasteiger partial charge in [-0.2, -0.15) is 0 Å². The van der Waals surface area contributed by atoms with Crippen LogP contribution in [0.25, 0.3) is 5.82 Å². The van der Waals surface area contributed by atoms with Gasteiger partial charge in [-0.25, -0.2) is 9.78 Å². The highest BCUT2D eigenvalue weighted by atomic mass is 16.6. The average Bonchev–Trinajstić information content (AvgIpc) is 3.01. The Bertz CT molecular complexity index is 1110. The van der Waals surface area contributed by atoms with Crippen molar-refractivity contribution in [3.8, 4) is 5.82 Å². The van der Waals surface area contributed by atoms with Crippen molar-refractivity contribution < 1.29 is 14.3 Å². The number of carbonyl (C=O) groups is 2. The van der Waals surface area contributed by atoms with Crippen LogP contribution in [0.4, 0.5) is 10.5 Å². The van der Waals surface area contributed by atoms with Crippen LogP contribution in [0.2, 0.25) is 0 Å². The molecular formula is C25H30N4O3. The second-order valence-corrected chi connectivity index (χ2v) is 8.80. The van der Waals surface area contributed by atoms with E-state index in [-0.39, 0.29) is 5.91 Å². The molecule has 0 radical (unpaired) electrons. The molecule has 2 heterocycles. The fraction of sp³-hybridized carbons (Fsp3) is 0.320. The van der Waals surface area contributed by atoms with Crippen molar-refractivity contribution in [2.75, 3.05) is 12.4 Å². The third kappa shape index (κ3) is 5.55. The second-order valence-electron chi connectivity index (χ2n) is 8.80. The number of aryl methyl sites for hydroxylation is 1. The van der Waals surface area contributed by atoms with Gasteiger partial charge in [0.05, 0.1) is 5.56 Å². The summed E-state index contributed by atoms with van der Waals surface area (Å²) in [6.07, 6.45) is 1.34. The van der Waals surface area contributed by atoms with Gasteiger partial charge in [-0.1, -0.05) is 18.2 Å². The highest BCUT2D eigenvalue weighted by molar-refractivity contribution is 6.05. The zero-order valence-electron chi connectivity index (χ0n) is 19.5. The first-order valence-corrected chi connectivity index (χ1v) is 10.5. The molecule has 0 aliphatic rings. The Labute approximate surface area is 189 Å². The van der Waals surface area contributed by atoms with Crippen molar-refractivity contribution >= 4 is 17.7 Å². The van der Waals surface area contributed by atoms with E-state index in [0.29, 0.717) is 17.8 Å². The Morgan fingerprint density at radius 2 is 1.84 bits per heavy atom. The van der Waals surface area contributed by atoms with Crippen LogP contribution in [0.5, 0.6) is 0 Å². The molecule has 3 aromatic rings. The molecule has 1 N–H and O–H groups in total. The van der Waals surface area contributed by atoms with Crippen molar-refractivity contribution in [1.29, 1.82) is 0 Å². The van der Waals surface area contributed by atoms with E-state index >= 15 is 0 Å². The molecule has 7 heteroatoms. The van der Waals surface area contributed by atoms with E-state index in [2.05, 4.69) is 10.3 Å². The zero-order valence-corrected chi connectivity index (χ0v) is 19.5. The van der Waals surface area contributed by atoms with Gasteiger partial charge in [-0.05, 0) is 70.5 Å². The number of rotatable bonds is 5. The molecule has 3 rings (SSSR count). The molecule has 2 aromatic heterocycles. The predicted octanol–water partition coefficient (Wildman–Crippen LogP) is 5.11. The zero-order chi connectivity index (χ0) is 23.5. The molecule has 0 aliphatic carbocycles. The van der Waals surface area contributed by atoms with Crippen molar-refractivity contribution in [3.63, 3.8) is 0 Å². The van der Waals surface area contributed by atoms with Crippen molar-refractivity contribution in [2.24, 2.45) is 0 Å². The number of hydrogen-bond donors (Lipinski definition) is 1. The van der Waals surface area contributed by atoms with Crippen LogP contribution >= 0.6 is 0 Å². The summed E-state index contributed by atoms with van der Waals surface area (Å²) < 4.78 is 7.36. The number of hydrogen-bond acceptors (Lipinski definition) is 4. The lowest BCUT2D eigenvalue weighted by molar-refractivity contribution is 0.0285. The fourth-order valence-electron chi connectivity index (χ4n) is 3.46. The van der Waals surface area contributed by atoms with Crippen LogP contribution in [0.3, 0.4) is 0 Å². The first-order chi connectivity index (χ1) is 15.0. The number of amides is 2. The Kier molecular flexibility index (Phi) is 6.67. The smallest absolute Gasteiger partial charge is 0.410 e. The minimum absolute atomic E-state index is 0.196. The van der Waals surface area contributed by atoms with E-state index < -0.39 is 11.7 Å². The van der Waals surface area contributed by atoms with E-state index in [1.807, 2.05) is 87.7 Å². The van der Waals surface area contributed by atoms with Gasteiger partial charge in [-0.15, -0.1) is 0 Å². The Morgan fingerprint density at radius 1 is 1.09 bits per heavy atom. The van der Waals surface area contributed by atoms with Gasteiger partial charge in [0.1, 0.15) is 11.4 Å². The maximum absolute atomic E-state index is 13.0. The van der Waals surface area contributed by atoms with Crippen LogP contribution in [-0.4, -0.2) is 39.1 Å². The summed E-state index contributed by atoms with van der Waals surface area (Å²) >= 11 is 0. The van der Waals surface area contributed by atoms with Gasteiger partial charge < -0.3 is 19.5 Å². The number of nitrogens with one attached hydrogen (secondary N) is 1. The predicted molar refractivity (Wildman–Crippen MR) is 125 cm³/mol. The molecule has 0 atom stereocenters. The lowest BCUT2D eigenvalue weighted by Crippen LogP contribution is -2.33. The number of benzene rings is 1. The third-order valence-corrected chi connectivity index (χ3v) is 4.86. The highest BCUT2D eigenvalue weighted by Crippen LogP contribution is 2.21. The summed E-state index contributed by atoms with van der Waals surface area (Å²) in [6.45, 7) is 9.72. The Morgan fingerprint density at radius 3 is 2.50 bits per heavy atom.